The normalized spacial score (nSPS) is 21.0. The molecule has 3 rings (SSSR count). The molecule has 1 aliphatic rings. The molecule has 1 aliphatic carbocycles. The highest BCUT2D eigenvalue weighted by molar-refractivity contribution is 5.67. The maximum Gasteiger partial charge on any atom is 0.416 e. The fourth-order valence-corrected chi connectivity index (χ4v) is 5.33. The lowest BCUT2D eigenvalue weighted by atomic mass is 9.70. The van der Waals surface area contributed by atoms with Crippen LogP contribution in [0.2, 0.25) is 0 Å². The highest BCUT2D eigenvalue weighted by Crippen LogP contribution is 2.43. The van der Waals surface area contributed by atoms with E-state index in [0.29, 0.717) is 36.6 Å². The average Bonchev–Trinajstić information content (AvgIpc) is 2.80. The van der Waals surface area contributed by atoms with E-state index in [2.05, 4.69) is 18.7 Å². The summed E-state index contributed by atoms with van der Waals surface area (Å²) in [5, 5.41) is 9.55. The van der Waals surface area contributed by atoms with Gasteiger partial charge in [0, 0.05) is 24.9 Å². The van der Waals surface area contributed by atoms with E-state index in [-0.39, 0.29) is 24.3 Å². The first kappa shape index (κ1) is 29.0. The summed E-state index contributed by atoms with van der Waals surface area (Å²) in [6.07, 6.45) is -6.05. The van der Waals surface area contributed by atoms with E-state index in [1.807, 2.05) is 0 Å². The zero-order chi connectivity index (χ0) is 27.4. The van der Waals surface area contributed by atoms with E-state index >= 15 is 0 Å². The van der Waals surface area contributed by atoms with E-state index < -0.39 is 29.4 Å². The van der Waals surface area contributed by atoms with Gasteiger partial charge in [-0.25, -0.2) is 0 Å². The first-order chi connectivity index (χ1) is 17.3. The Balaban J connectivity index is 1.97. The molecule has 0 heterocycles. The molecule has 3 atom stereocenters. The fraction of sp³-hybridized carbons (Fsp3) is 0.536. The first-order valence-corrected chi connectivity index (χ1v) is 12.5. The minimum Gasteiger partial charge on any atom is -0.481 e. The molecular weight excluding hydrogens is 496 g/mol. The lowest BCUT2D eigenvalue weighted by Gasteiger charge is -2.44. The minimum atomic E-state index is -4.48. The second kappa shape index (κ2) is 11.9. The van der Waals surface area contributed by atoms with Gasteiger partial charge < -0.3 is 5.11 Å². The highest BCUT2D eigenvalue weighted by atomic mass is 19.4. The molecule has 0 spiro atoms. The van der Waals surface area contributed by atoms with Gasteiger partial charge in [0.2, 0.25) is 0 Å². The Kier molecular flexibility index (Phi) is 9.32. The molecular formula is C28H33F6NO2. The van der Waals surface area contributed by atoms with E-state index in [0.717, 1.165) is 43.5 Å². The lowest BCUT2D eigenvalue weighted by Crippen LogP contribution is -2.45. The largest absolute Gasteiger partial charge is 0.481 e. The van der Waals surface area contributed by atoms with Crippen LogP contribution in [0.25, 0.3) is 0 Å². The van der Waals surface area contributed by atoms with Crippen LogP contribution < -0.4 is 0 Å². The number of rotatable bonds is 9. The topological polar surface area (TPSA) is 40.5 Å². The van der Waals surface area contributed by atoms with Gasteiger partial charge in [0.15, 0.2) is 0 Å². The van der Waals surface area contributed by atoms with Crippen LogP contribution in [-0.2, 0) is 23.7 Å². The van der Waals surface area contributed by atoms with Gasteiger partial charge in [-0.15, -0.1) is 0 Å². The average molecular weight is 530 g/mol. The van der Waals surface area contributed by atoms with E-state index in [1.54, 1.807) is 0 Å². The first-order valence-electron chi connectivity index (χ1n) is 12.5. The predicted octanol–water partition coefficient (Wildman–Crippen LogP) is 8.00. The number of nitrogens with zero attached hydrogens (tertiary/aromatic N) is 1. The third-order valence-electron chi connectivity index (χ3n) is 7.19. The molecule has 0 bridgehead atoms. The second-order valence-electron chi connectivity index (χ2n) is 10.3. The Labute approximate surface area is 213 Å². The van der Waals surface area contributed by atoms with Crippen LogP contribution >= 0.6 is 0 Å². The lowest BCUT2D eigenvalue weighted by molar-refractivity contribution is -0.139. The molecule has 204 valence electrons. The summed E-state index contributed by atoms with van der Waals surface area (Å²) in [6, 6.07) is 9.82. The van der Waals surface area contributed by atoms with E-state index in [4.69, 9.17) is 0 Å². The molecule has 0 saturated heterocycles. The summed E-state index contributed by atoms with van der Waals surface area (Å²) in [5.41, 5.74) is -0.138. The van der Waals surface area contributed by atoms with E-state index in [1.165, 1.54) is 24.3 Å². The monoisotopic (exact) mass is 529 g/mol. The molecule has 0 unspecified atom stereocenters. The van der Waals surface area contributed by atoms with Crippen LogP contribution in [0.1, 0.15) is 74.1 Å². The molecule has 2 aromatic rings. The van der Waals surface area contributed by atoms with Crippen molar-refractivity contribution in [1.29, 1.82) is 0 Å². The Morgan fingerprint density at radius 1 is 0.919 bits per heavy atom. The van der Waals surface area contributed by atoms with Crippen LogP contribution in [0.4, 0.5) is 26.3 Å². The Hall–Kier alpha value is -2.55. The van der Waals surface area contributed by atoms with Crippen LogP contribution in [0, 0.1) is 11.8 Å². The zero-order valence-corrected chi connectivity index (χ0v) is 20.9. The van der Waals surface area contributed by atoms with Gasteiger partial charge in [-0.2, -0.15) is 26.3 Å². The Morgan fingerprint density at radius 3 is 1.95 bits per heavy atom. The van der Waals surface area contributed by atoms with Crippen molar-refractivity contribution in [1.82, 2.24) is 4.90 Å². The zero-order valence-electron chi connectivity index (χ0n) is 20.9. The van der Waals surface area contributed by atoms with Crippen molar-refractivity contribution < 1.29 is 36.2 Å². The number of carbonyl (C=O) groups is 1. The summed E-state index contributed by atoms with van der Waals surface area (Å²) in [4.78, 5) is 13.9. The Bertz CT molecular complexity index is 1010. The van der Waals surface area contributed by atoms with Crippen molar-refractivity contribution >= 4 is 5.97 Å². The van der Waals surface area contributed by atoms with Gasteiger partial charge in [0.05, 0.1) is 11.1 Å². The molecule has 0 aromatic heterocycles. The van der Waals surface area contributed by atoms with Crippen molar-refractivity contribution in [3.8, 4) is 0 Å². The van der Waals surface area contributed by atoms with Crippen LogP contribution in [0.5, 0.6) is 0 Å². The van der Waals surface area contributed by atoms with Crippen molar-refractivity contribution in [2.45, 2.75) is 76.8 Å². The SMILES string of the molecule is CC(C)CCN(Cc1ccc(C(F)(F)F)cc1)[C@@H]1CCC[C@H](CC(=O)O)[C@H]1c1ccc(C(F)(F)F)cc1. The molecule has 37 heavy (non-hydrogen) atoms. The molecule has 0 radical (unpaired) electrons. The molecule has 1 N–H and O–H groups in total. The molecule has 2 aromatic carbocycles. The van der Waals surface area contributed by atoms with Gasteiger partial charge >= 0.3 is 18.3 Å². The smallest absolute Gasteiger partial charge is 0.416 e. The number of hydrogen-bond acceptors (Lipinski definition) is 2. The molecule has 0 amide bonds. The van der Waals surface area contributed by atoms with Crippen molar-refractivity contribution in [2.75, 3.05) is 6.54 Å². The number of hydrogen-bond donors (Lipinski definition) is 1. The van der Waals surface area contributed by atoms with Crippen LogP contribution in [0.15, 0.2) is 48.5 Å². The van der Waals surface area contributed by atoms with E-state index in [9.17, 15) is 36.2 Å². The number of alkyl halides is 6. The Morgan fingerprint density at radius 2 is 1.46 bits per heavy atom. The summed E-state index contributed by atoms with van der Waals surface area (Å²) >= 11 is 0. The highest BCUT2D eigenvalue weighted by Gasteiger charge is 2.39. The van der Waals surface area contributed by atoms with Gasteiger partial charge in [-0.05, 0) is 73.0 Å². The molecule has 1 fully saturated rings. The number of benzene rings is 2. The summed E-state index contributed by atoms with van der Waals surface area (Å²) in [5.74, 6) is -1.17. The third-order valence-corrected chi connectivity index (χ3v) is 7.19. The molecule has 0 aliphatic heterocycles. The van der Waals surface area contributed by atoms with Gasteiger partial charge in [0.25, 0.3) is 0 Å². The summed E-state index contributed by atoms with van der Waals surface area (Å²) in [6.45, 7) is 5.14. The predicted molar refractivity (Wildman–Crippen MR) is 129 cm³/mol. The summed E-state index contributed by atoms with van der Waals surface area (Å²) < 4.78 is 78.7. The number of carboxylic acids is 1. The van der Waals surface area contributed by atoms with Crippen molar-refractivity contribution in [3.63, 3.8) is 0 Å². The number of halogens is 6. The molecule has 1 saturated carbocycles. The summed E-state index contributed by atoms with van der Waals surface area (Å²) in [7, 11) is 0. The standard InChI is InChI=1S/C28H33F6NO2/c1-18(2)14-15-35(17-19-6-10-22(11-7-19)27(29,30)31)24-5-3-4-21(16-25(36)37)26(24)20-8-12-23(13-9-20)28(32,33)34/h6-13,18,21,24,26H,3-5,14-17H2,1-2H3,(H,36,37)/t21-,24-,26-/m1/s1. The maximum atomic E-state index is 13.2. The van der Waals surface area contributed by atoms with Gasteiger partial charge in [-0.3, -0.25) is 9.69 Å². The van der Waals surface area contributed by atoms with Crippen molar-refractivity contribution in [2.24, 2.45) is 11.8 Å². The molecule has 3 nitrogen and oxygen atoms in total. The number of aliphatic carboxylic acids is 1. The van der Waals surface area contributed by atoms with Crippen LogP contribution in [-0.4, -0.2) is 28.6 Å². The quantitative estimate of drug-likeness (QED) is 0.335. The van der Waals surface area contributed by atoms with Crippen molar-refractivity contribution in [3.05, 3.63) is 70.8 Å². The second-order valence-corrected chi connectivity index (χ2v) is 10.3. The fourth-order valence-electron chi connectivity index (χ4n) is 5.33. The van der Waals surface area contributed by atoms with Gasteiger partial charge in [0.1, 0.15) is 0 Å². The number of carboxylic acid groups (broad SMARTS) is 1. The van der Waals surface area contributed by atoms with Crippen LogP contribution in [0.3, 0.4) is 0 Å². The third kappa shape index (κ3) is 7.97. The van der Waals surface area contributed by atoms with Gasteiger partial charge in [-0.1, -0.05) is 44.5 Å². The minimum absolute atomic E-state index is 0.0967. The maximum absolute atomic E-state index is 13.2. The molecule has 9 heteroatoms.